The molecule has 1 amide bonds. The second-order valence-corrected chi connectivity index (χ2v) is 5.65. The van der Waals surface area contributed by atoms with Crippen LogP contribution in [-0.4, -0.2) is 29.2 Å². The van der Waals surface area contributed by atoms with Crippen LogP contribution in [0, 0.1) is 6.92 Å². The minimum Gasteiger partial charge on any atom is -0.356 e. The summed E-state index contributed by atoms with van der Waals surface area (Å²) >= 11 is 0. The van der Waals surface area contributed by atoms with Gasteiger partial charge in [-0.05, 0) is 33.3 Å². The first-order valence-corrected chi connectivity index (χ1v) is 6.39. The molecule has 3 heteroatoms. The summed E-state index contributed by atoms with van der Waals surface area (Å²) in [6, 6.07) is 8.10. The Kier molecular flexibility index (Phi) is 3.44. The fourth-order valence-corrected chi connectivity index (χ4v) is 2.58. The number of ether oxygens (including phenoxy) is 1. The van der Waals surface area contributed by atoms with E-state index < -0.39 is 0 Å². The van der Waals surface area contributed by atoms with Gasteiger partial charge in [-0.15, -0.1) is 0 Å². The molecule has 1 heterocycles. The van der Waals surface area contributed by atoms with Gasteiger partial charge in [0.05, 0.1) is 18.6 Å². The predicted octanol–water partition coefficient (Wildman–Crippen LogP) is 2.52. The van der Waals surface area contributed by atoms with Crippen molar-refractivity contribution in [3.05, 3.63) is 35.4 Å². The van der Waals surface area contributed by atoms with Gasteiger partial charge in [-0.1, -0.05) is 29.8 Å². The van der Waals surface area contributed by atoms with Crippen LogP contribution in [-0.2, 0) is 16.0 Å². The Balaban J connectivity index is 2.13. The zero-order chi connectivity index (χ0) is 13.3. The molecule has 0 bridgehead atoms. The zero-order valence-corrected chi connectivity index (χ0v) is 11.6. The summed E-state index contributed by atoms with van der Waals surface area (Å²) in [4.78, 5) is 14.3. The number of carbonyl (C=O) groups excluding carboxylic acids is 1. The highest BCUT2D eigenvalue weighted by molar-refractivity contribution is 5.80. The average molecular weight is 247 g/mol. The molecule has 3 nitrogen and oxygen atoms in total. The molecule has 0 radical (unpaired) electrons. The second-order valence-electron chi connectivity index (χ2n) is 5.65. The van der Waals surface area contributed by atoms with Crippen LogP contribution in [0.4, 0.5) is 0 Å². The first-order valence-electron chi connectivity index (χ1n) is 6.39. The highest BCUT2D eigenvalue weighted by atomic mass is 16.5. The third-order valence-corrected chi connectivity index (χ3v) is 3.40. The van der Waals surface area contributed by atoms with Crippen LogP contribution in [0.15, 0.2) is 24.3 Å². The minimum atomic E-state index is -0.208. The topological polar surface area (TPSA) is 29.5 Å². The maximum atomic E-state index is 12.4. The van der Waals surface area contributed by atoms with Gasteiger partial charge in [0.2, 0.25) is 5.91 Å². The third-order valence-electron chi connectivity index (χ3n) is 3.40. The monoisotopic (exact) mass is 247 g/mol. The van der Waals surface area contributed by atoms with Crippen molar-refractivity contribution in [2.45, 2.75) is 45.9 Å². The molecule has 1 fully saturated rings. The number of carbonyl (C=O) groups is 1. The highest BCUT2D eigenvalue weighted by Crippen LogP contribution is 2.27. The Hall–Kier alpha value is -1.35. The van der Waals surface area contributed by atoms with E-state index in [1.807, 2.05) is 50.8 Å². The van der Waals surface area contributed by atoms with Crippen LogP contribution in [0.1, 0.15) is 31.9 Å². The molecule has 1 unspecified atom stereocenters. The Morgan fingerprint density at radius 2 is 2.22 bits per heavy atom. The number of amides is 1. The van der Waals surface area contributed by atoms with Crippen LogP contribution in [0.3, 0.4) is 0 Å². The van der Waals surface area contributed by atoms with Crippen molar-refractivity contribution in [3.63, 3.8) is 0 Å². The van der Waals surface area contributed by atoms with E-state index in [9.17, 15) is 4.79 Å². The van der Waals surface area contributed by atoms with Crippen LogP contribution < -0.4 is 0 Å². The predicted molar refractivity (Wildman–Crippen MR) is 71.2 cm³/mol. The zero-order valence-electron chi connectivity index (χ0n) is 11.6. The fraction of sp³-hybridized carbons (Fsp3) is 0.533. The molecule has 1 aromatic rings. The van der Waals surface area contributed by atoms with E-state index >= 15 is 0 Å². The maximum Gasteiger partial charge on any atom is 0.229 e. The van der Waals surface area contributed by atoms with E-state index in [2.05, 4.69) is 6.07 Å². The molecular weight excluding hydrogens is 226 g/mol. The fourth-order valence-electron chi connectivity index (χ4n) is 2.58. The van der Waals surface area contributed by atoms with Gasteiger partial charge in [-0.3, -0.25) is 4.79 Å². The van der Waals surface area contributed by atoms with Crippen molar-refractivity contribution >= 4 is 5.91 Å². The summed E-state index contributed by atoms with van der Waals surface area (Å²) < 4.78 is 5.57. The largest absolute Gasteiger partial charge is 0.356 e. The van der Waals surface area contributed by atoms with Crippen molar-refractivity contribution in [3.8, 4) is 0 Å². The lowest BCUT2D eigenvalue weighted by atomic mass is 10.0. The maximum absolute atomic E-state index is 12.4. The lowest BCUT2D eigenvalue weighted by Crippen LogP contribution is -2.48. The quantitative estimate of drug-likeness (QED) is 0.803. The molecule has 1 aliphatic rings. The standard InChI is InChI=1S/C15H21NO2/c1-11-6-5-7-13(8-11)9-14(17)16-12(2)18-10-15(16,3)4/h5-8,12H,9-10H2,1-4H3. The molecule has 1 aliphatic heterocycles. The van der Waals surface area contributed by atoms with E-state index in [1.54, 1.807) is 0 Å². The molecule has 0 N–H and O–H groups in total. The van der Waals surface area contributed by atoms with E-state index in [1.165, 1.54) is 5.56 Å². The number of hydrogen-bond acceptors (Lipinski definition) is 2. The van der Waals surface area contributed by atoms with Gasteiger partial charge in [0.1, 0.15) is 6.23 Å². The summed E-state index contributed by atoms with van der Waals surface area (Å²) in [7, 11) is 0. The van der Waals surface area contributed by atoms with E-state index in [0.29, 0.717) is 13.0 Å². The first kappa shape index (κ1) is 13.1. The summed E-state index contributed by atoms with van der Waals surface area (Å²) in [5.74, 6) is 0.135. The number of benzene rings is 1. The Morgan fingerprint density at radius 1 is 1.50 bits per heavy atom. The first-order chi connectivity index (χ1) is 8.40. The summed E-state index contributed by atoms with van der Waals surface area (Å²) in [6.07, 6.45) is 0.316. The minimum absolute atomic E-state index is 0.127. The molecule has 0 saturated carbocycles. The van der Waals surface area contributed by atoms with Crippen molar-refractivity contribution in [2.75, 3.05) is 6.61 Å². The summed E-state index contributed by atoms with van der Waals surface area (Å²) in [5, 5.41) is 0. The molecule has 18 heavy (non-hydrogen) atoms. The van der Waals surface area contributed by atoms with Crippen LogP contribution in [0.25, 0.3) is 0 Å². The molecule has 0 aromatic heterocycles. The van der Waals surface area contributed by atoms with Gasteiger partial charge in [0, 0.05) is 0 Å². The molecule has 0 aliphatic carbocycles. The lowest BCUT2D eigenvalue weighted by molar-refractivity contribution is -0.138. The van der Waals surface area contributed by atoms with Gasteiger partial charge >= 0.3 is 0 Å². The summed E-state index contributed by atoms with van der Waals surface area (Å²) in [5.41, 5.74) is 2.04. The van der Waals surface area contributed by atoms with E-state index in [0.717, 1.165) is 5.56 Å². The molecule has 2 rings (SSSR count). The molecule has 98 valence electrons. The van der Waals surface area contributed by atoms with Crippen molar-refractivity contribution in [1.29, 1.82) is 0 Å². The van der Waals surface area contributed by atoms with Gasteiger partial charge in [0.15, 0.2) is 0 Å². The molecule has 1 atom stereocenters. The van der Waals surface area contributed by atoms with Crippen LogP contribution >= 0.6 is 0 Å². The molecular formula is C15H21NO2. The molecule has 0 spiro atoms. The third kappa shape index (κ3) is 2.56. The summed E-state index contributed by atoms with van der Waals surface area (Å²) in [6.45, 7) is 8.67. The molecule has 1 aromatic carbocycles. The number of rotatable bonds is 2. The van der Waals surface area contributed by atoms with Gasteiger partial charge in [-0.25, -0.2) is 0 Å². The van der Waals surface area contributed by atoms with Gasteiger partial charge < -0.3 is 9.64 Å². The Bertz CT molecular complexity index is 454. The average Bonchev–Trinajstić information content (AvgIpc) is 2.52. The van der Waals surface area contributed by atoms with Crippen molar-refractivity contribution in [2.24, 2.45) is 0 Å². The van der Waals surface area contributed by atoms with E-state index in [-0.39, 0.29) is 17.7 Å². The Morgan fingerprint density at radius 3 is 2.78 bits per heavy atom. The molecule has 1 saturated heterocycles. The SMILES string of the molecule is Cc1cccc(CC(=O)N2C(C)OCC2(C)C)c1. The van der Waals surface area contributed by atoms with Crippen LogP contribution in [0.2, 0.25) is 0 Å². The van der Waals surface area contributed by atoms with Gasteiger partial charge in [-0.2, -0.15) is 0 Å². The number of aryl methyl sites for hydroxylation is 1. The highest BCUT2D eigenvalue weighted by Gasteiger charge is 2.41. The number of nitrogens with zero attached hydrogens (tertiary/aromatic N) is 1. The van der Waals surface area contributed by atoms with Crippen molar-refractivity contribution < 1.29 is 9.53 Å². The van der Waals surface area contributed by atoms with Crippen LogP contribution in [0.5, 0.6) is 0 Å². The lowest BCUT2D eigenvalue weighted by Gasteiger charge is -2.32. The Labute approximate surface area is 109 Å². The normalized spacial score (nSPS) is 22.2. The second kappa shape index (κ2) is 4.73. The smallest absolute Gasteiger partial charge is 0.229 e. The number of hydrogen-bond donors (Lipinski definition) is 0. The van der Waals surface area contributed by atoms with Gasteiger partial charge in [0.25, 0.3) is 0 Å². The van der Waals surface area contributed by atoms with Crippen molar-refractivity contribution in [1.82, 2.24) is 4.90 Å². The van der Waals surface area contributed by atoms with E-state index in [4.69, 9.17) is 4.74 Å².